The Morgan fingerprint density at radius 1 is 0.429 bits per heavy atom. The van der Waals surface area contributed by atoms with Crippen molar-refractivity contribution in [1.29, 1.82) is 15.8 Å². The minimum Gasteiger partial charge on any atom is -0.477 e. The second kappa shape index (κ2) is 18.2. The number of carboxylic acids is 3. The Morgan fingerprint density at radius 3 is 1.00 bits per heavy atom. The standard InChI is InChI=1S/C51H26N6O6/c52-28-37(49(58)59)25-34-7-1-31(2-8-34)13-16-40-43-19-21-45(55-43)41(17-14-32-3-9-35(10-4-32)26-38(29-53)50(60)61)47-23-24-48(57-47)42(46-22-20-44(40)56-46)18-15-33-5-11-36(12-6-33)27-39(30-54)51(62)63/h1-12,19-27,55-56H,(H,58,59)(H,60,61)(H,62,63)/b37-25-,38-26-,39-27-,43-40?,44-40?,45-41?,46-42?,47-41?,48-42?. The van der Waals surface area contributed by atoms with Crippen LogP contribution < -0.4 is 0 Å². The Bertz CT molecular complexity index is 3280. The predicted octanol–water partition coefficient (Wildman–Crippen LogP) is 7.83. The van der Waals surface area contributed by atoms with Crippen molar-refractivity contribution < 1.29 is 29.7 Å². The number of H-pyrrole nitrogens is 2. The molecule has 0 saturated heterocycles. The van der Waals surface area contributed by atoms with E-state index in [-0.39, 0.29) is 0 Å². The molecule has 63 heavy (non-hydrogen) atoms. The Kier molecular flexibility index (Phi) is 11.9. The van der Waals surface area contributed by atoms with Crippen molar-refractivity contribution in [2.75, 3.05) is 0 Å². The number of nitrogens with zero attached hydrogens (tertiary/aromatic N) is 4. The highest BCUT2D eigenvalue weighted by atomic mass is 16.4. The second-order valence-electron chi connectivity index (χ2n) is 13.5. The molecule has 0 aliphatic carbocycles. The molecule has 12 heteroatoms. The van der Waals surface area contributed by atoms with Crippen molar-refractivity contribution in [1.82, 2.24) is 15.0 Å². The quantitative estimate of drug-likeness (QED) is 0.0621. The molecule has 0 unspecified atom stereocenters. The molecule has 296 valence electrons. The molecule has 1 aliphatic rings. The fourth-order valence-corrected chi connectivity index (χ4v) is 6.15. The molecule has 0 saturated carbocycles. The van der Waals surface area contributed by atoms with Crippen LogP contribution in [0.1, 0.15) is 61.5 Å². The first kappa shape index (κ1) is 41.1. The molecule has 5 N–H and O–H groups in total. The molecule has 0 spiro atoms. The minimum atomic E-state index is -1.32. The highest BCUT2D eigenvalue weighted by Crippen LogP contribution is 2.26. The zero-order chi connectivity index (χ0) is 44.5. The number of aliphatic carboxylic acids is 3. The molecule has 4 heterocycles. The van der Waals surface area contributed by atoms with Gasteiger partial charge in [-0.25, -0.2) is 19.4 Å². The average Bonchev–Trinajstić information content (AvgIpc) is 4.09. The Balaban J connectivity index is 1.38. The van der Waals surface area contributed by atoms with Gasteiger partial charge in [0.05, 0.1) is 50.1 Å². The molecule has 3 aromatic carbocycles. The monoisotopic (exact) mass is 818 g/mol. The summed E-state index contributed by atoms with van der Waals surface area (Å²) in [6, 6.07) is 32.8. The van der Waals surface area contributed by atoms with E-state index < -0.39 is 34.6 Å². The summed E-state index contributed by atoms with van der Waals surface area (Å²) in [5.41, 5.74) is 7.64. The van der Waals surface area contributed by atoms with Gasteiger partial charge in [-0.1, -0.05) is 71.9 Å². The van der Waals surface area contributed by atoms with Crippen molar-refractivity contribution in [3.05, 3.63) is 175 Å². The summed E-state index contributed by atoms with van der Waals surface area (Å²) in [7, 11) is 0. The molecule has 0 fully saturated rings. The first-order valence-electron chi connectivity index (χ1n) is 18.6. The lowest BCUT2D eigenvalue weighted by Crippen LogP contribution is -1.97. The number of hydrogen-bond acceptors (Lipinski definition) is 7. The van der Waals surface area contributed by atoms with E-state index in [2.05, 4.69) is 45.5 Å². The molecule has 0 atom stereocenters. The molecule has 0 radical (unpaired) electrons. The number of nitrogens with one attached hydrogen (secondary N) is 2. The van der Waals surface area contributed by atoms with E-state index in [1.807, 2.05) is 36.4 Å². The van der Waals surface area contributed by atoms with E-state index in [1.54, 1.807) is 91.0 Å². The molecular weight excluding hydrogens is 793 g/mol. The maximum absolute atomic E-state index is 11.3. The molecule has 0 amide bonds. The smallest absolute Gasteiger partial charge is 0.346 e. The molecule has 6 aromatic rings. The first-order chi connectivity index (χ1) is 30.5. The van der Waals surface area contributed by atoms with Gasteiger partial charge < -0.3 is 25.3 Å². The lowest BCUT2D eigenvalue weighted by molar-refractivity contribution is -0.133. The van der Waals surface area contributed by atoms with Gasteiger partial charge >= 0.3 is 17.9 Å². The number of aromatic nitrogens is 3. The van der Waals surface area contributed by atoms with E-state index in [9.17, 15) is 29.7 Å². The Labute approximate surface area is 358 Å². The van der Waals surface area contributed by atoms with Crippen LogP contribution in [-0.2, 0) is 14.4 Å². The molecule has 7 rings (SSSR count). The second-order valence-corrected chi connectivity index (χ2v) is 13.5. The fraction of sp³-hybridized carbons (Fsp3) is 0. The van der Waals surface area contributed by atoms with Crippen molar-refractivity contribution >= 4 is 70.4 Å². The van der Waals surface area contributed by atoms with Crippen molar-refractivity contribution in [3.8, 4) is 53.7 Å². The number of nitriles is 3. The largest absolute Gasteiger partial charge is 0.477 e. The molecule has 12 nitrogen and oxygen atoms in total. The number of rotatable bonds is 6. The van der Waals surface area contributed by atoms with E-state index in [4.69, 9.17) is 20.8 Å². The molecular formula is C51H26N6O6. The normalized spacial score (nSPS) is 11.3. The van der Waals surface area contributed by atoms with Gasteiger partial charge in [0.1, 0.15) is 34.9 Å². The number of benzene rings is 3. The van der Waals surface area contributed by atoms with Gasteiger partial charge in [0, 0.05) is 16.7 Å². The fourth-order valence-electron chi connectivity index (χ4n) is 6.15. The summed E-state index contributed by atoms with van der Waals surface area (Å²) in [4.78, 5) is 45.9. The lowest BCUT2D eigenvalue weighted by atomic mass is 10.1. The summed E-state index contributed by atoms with van der Waals surface area (Å²) in [5, 5.41) is 55.2. The molecule has 6 bridgehead atoms. The summed E-state index contributed by atoms with van der Waals surface area (Å²) in [5.74, 6) is 15.4. The number of carboxylic acid groups (broad SMARTS) is 3. The van der Waals surface area contributed by atoms with Crippen molar-refractivity contribution in [2.24, 2.45) is 0 Å². The van der Waals surface area contributed by atoms with E-state index in [0.717, 1.165) is 0 Å². The van der Waals surface area contributed by atoms with Crippen molar-refractivity contribution in [3.63, 3.8) is 0 Å². The minimum absolute atomic E-state index is 0.394. The van der Waals surface area contributed by atoms with Gasteiger partial charge in [-0.2, -0.15) is 15.8 Å². The summed E-state index contributed by atoms with van der Waals surface area (Å²) in [6.45, 7) is 0. The summed E-state index contributed by atoms with van der Waals surface area (Å²) in [6.07, 6.45) is 7.50. The van der Waals surface area contributed by atoms with Crippen LogP contribution in [0.4, 0.5) is 0 Å². The van der Waals surface area contributed by atoms with Gasteiger partial charge in [-0.05, 0) is 108 Å². The molecule has 1 aliphatic heterocycles. The van der Waals surface area contributed by atoms with Crippen LogP contribution in [0.15, 0.2) is 114 Å². The highest BCUT2D eigenvalue weighted by Gasteiger charge is 2.13. The van der Waals surface area contributed by atoms with Gasteiger partial charge in [0.25, 0.3) is 0 Å². The van der Waals surface area contributed by atoms with Crippen LogP contribution in [0, 0.1) is 69.5 Å². The maximum Gasteiger partial charge on any atom is 0.346 e. The number of fused-ring (bicyclic) bond motifs is 6. The summed E-state index contributed by atoms with van der Waals surface area (Å²) >= 11 is 0. The van der Waals surface area contributed by atoms with Crippen LogP contribution in [0.5, 0.6) is 0 Å². The van der Waals surface area contributed by atoms with E-state index in [0.29, 0.717) is 83.5 Å². The van der Waals surface area contributed by atoms with Gasteiger partial charge in [0.2, 0.25) is 0 Å². The van der Waals surface area contributed by atoms with Gasteiger partial charge in [-0.15, -0.1) is 0 Å². The summed E-state index contributed by atoms with van der Waals surface area (Å²) < 4.78 is 0. The molecule has 3 aromatic heterocycles. The van der Waals surface area contributed by atoms with Crippen LogP contribution in [0.3, 0.4) is 0 Å². The van der Waals surface area contributed by atoms with Crippen LogP contribution >= 0.6 is 0 Å². The zero-order valence-electron chi connectivity index (χ0n) is 32.5. The van der Waals surface area contributed by atoms with Gasteiger partial charge in [-0.3, -0.25) is 0 Å². The van der Waals surface area contributed by atoms with E-state index >= 15 is 0 Å². The van der Waals surface area contributed by atoms with Crippen LogP contribution in [0.25, 0.3) is 52.4 Å². The zero-order valence-corrected chi connectivity index (χ0v) is 32.5. The maximum atomic E-state index is 11.3. The Morgan fingerprint density at radius 2 is 0.714 bits per heavy atom. The van der Waals surface area contributed by atoms with Crippen molar-refractivity contribution in [2.45, 2.75) is 0 Å². The third-order valence-electron chi connectivity index (χ3n) is 9.31. The van der Waals surface area contributed by atoms with Crippen LogP contribution in [-0.4, -0.2) is 48.2 Å². The number of carbonyl (C=O) groups is 3. The first-order valence-corrected chi connectivity index (χ1v) is 18.6. The average molecular weight is 819 g/mol. The topological polar surface area (TPSA) is 228 Å². The van der Waals surface area contributed by atoms with Gasteiger partial charge in [0.15, 0.2) is 0 Å². The van der Waals surface area contributed by atoms with E-state index in [1.165, 1.54) is 18.2 Å². The number of aromatic amines is 2. The third-order valence-corrected chi connectivity index (χ3v) is 9.31. The highest BCUT2D eigenvalue weighted by molar-refractivity contribution is 5.98. The van der Waals surface area contributed by atoms with Crippen LogP contribution in [0.2, 0.25) is 0 Å². The Hall–Kier alpha value is -10.1. The SMILES string of the molecule is N#C/C(=C/c1ccc(C#Cc2c3nc(c(C#Cc4ccc(/C=C(/C#N)C(=O)O)cc4)c4ccc([nH]4)c(C#Cc4ccc(/C=C(/C#N)C(=O)O)cc4)c4ccc2[nH]4)C=C3)cc1)C(=O)O. The lowest BCUT2D eigenvalue weighted by Gasteiger charge is -1.98. The predicted molar refractivity (Wildman–Crippen MR) is 235 cm³/mol. The third kappa shape index (κ3) is 9.62. The number of hydrogen-bond donors (Lipinski definition) is 5.